The van der Waals surface area contributed by atoms with Gasteiger partial charge < -0.3 is 4.80 Å². The zero-order valence-electron chi connectivity index (χ0n) is 16.6. The second-order valence-corrected chi connectivity index (χ2v) is 15.4. The van der Waals surface area contributed by atoms with Crippen LogP contribution in [-0.2, 0) is 10.8 Å². The molecular weight excluding hydrogens is 388 g/mol. The third-order valence-electron chi connectivity index (χ3n) is 6.26. The first-order valence-electron chi connectivity index (χ1n) is 9.47. The van der Waals surface area contributed by atoms with E-state index in [0.29, 0.717) is 5.92 Å². The summed E-state index contributed by atoms with van der Waals surface area (Å²) in [5.41, 5.74) is 0. The molecule has 1 N–H and O–H groups in total. The maximum absolute atomic E-state index is 12.2. The van der Waals surface area contributed by atoms with E-state index in [1.54, 1.807) is 11.8 Å². The maximum Gasteiger partial charge on any atom is 0.258 e. The quantitative estimate of drug-likeness (QED) is 0.696. The van der Waals surface area contributed by atoms with Gasteiger partial charge in [0.25, 0.3) is 8.32 Å². The average Bonchev–Trinajstić information content (AvgIpc) is 2.64. The lowest BCUT2D eigenvalue weighted by Gasteiger charge is -2.50. The van der Waals surface area contributed by atoms with Crippen molar-refractivity contribution in [2.45, 2.75) is 42.2 Å². The summed E-state index contributed by atoms with van der Waals surface area (Å²) < 4.78 is 12.1. The van der Waals surface area contributed by atoms with E-state index in [2.05, 4.69) is 44.4 Å². The Morgan fingerprint density at radius 3 is 1.89 bits per heavy atom. The van der Waals surface area contributed by atoms with E-state index in [4.69, 9.17) is 0 Å². The van der Waals surface area contributed by atoms with Gasteiger partial charge in [0.05, 0.1) is 4.08 Å². The molecule has 0 spiro atoms. The van der Waals surface area contributed by atoms with E-state index in [0.717, 1.165) is 29.6 Å². The highest BCUT2D eigenvalue weighted by molar-refractivity contribution is 8.12. The van der Waals surface area contributed by atoms with Crippen LogP contribution in [0.15, 0.2) is 60.7 Å². The molecule has 1 atom stereocenters. The molecule has 1 aliphatic carbocycles. The largest absolute Gasteiger partial charge is 0.424 e. The van der Waals surface area contributed by atoms with Crippen LogP contribution in [0.25, 0.3) is 0 Å². The van der Waals surface area contributed by atoms with Crippen molar-refractivity contribution in [1.82, 2.24) is 0 Å². The minimum absolute atomic E-state index is 0.0834. The smallest absolute Gasteiger partial charge is 0.258 e. The zero-order valence-corrected chi connectivity index (χ0v) is 19.3. The molecule has 0 radical (unpaired) electrons. The third-order valence-corrected chi connectivity index (χ3v) is 14.4. The molecule has 146 valence electrons. The molecule has 0 bridgehead atoms. The van der Waals surface area contributed by atoms with Gasteiger partial charge in [-0.25, -0.2) is 0 Å². The predicted molar refractivity (Wildman–Crippen MR) is 122 cm³/mol. The number of benzene rings is 2. The van der Waals surface area contributed by atoms with Crippen LogP contribution >= 0.6 is 11.8 Å². The summed E-state index contributed by atoms with van der Waals surface area (Å²) in [6.07, 6.45) is 6.82. The standard InChI is InChI=1S/C22H30O2S2Si/c1-21(2,15-18-16-22(17-18,25-3)26(4)23)27(24,19-11-7-5-8-12-19)20-13-9-6-10-14-20/h5-14,18,24H,15-17H2,1-4H3. The molecule has 2 nitrogen and oxygen atoms in total. The van der Waals surface area contributed by atoms with Crippen molar-refractivity contribution < 1.29 is 9.00 Å². The van der Waals surface area contributed by atoms with Gasteiger partial charge >= 0.3 is 0 Å². The van der Waals surface area contributed by atoms with Gasteiger partial charge in [0, 0.05) is 17.1 Å². The summed E-state index contributed by atoms with van der Waals surface area (Å²) >= 11 is 1.75. The third kappa shape index (κ3) is 3.71. The van der Waals surface area contributed by atoms with Gasteiger partial charge in [-0.2, -0.15) is 0 Å². The van der Waals surface area contributed by atoms with Crippen LogP contribution in [0.4, 0.5) is 0 Å². The summed E-state index contributed by atoms with van der Waals surface area (Å²) in [7, 11) is -3.75. The average molecular weight is 419 g/mol. The topological polar surface area (TPSA) is 37.3 Å². The monoisotopic (exact) mass is 418 g/mol. The second kappa shape index (κ2) is 7.86. The molecule has 1 saturated carbocycles. The Morgan fingerprint density at radius 1 is 1.07 bits per heavy atom. The Kier molecular flexibility index (Phi) is 6.07. The van der Waals surface area contributed by atoms with Crippen LogP contribution in [0, 0.1) is 5.92 Å². The Hall–Kier alpha value is -0.883. The van der Waals surface area contributed by atoms with Gasteiger partial charge in [-0.1, -0.05) is 74.5 Å². The number of thioether (sulfide) groups is 1. The normalized spacial score (nSPS) is 24.3. The van der Waals surface area contributed by atoms with Crippen LogP contribution in [0.5, 0.6) is 0 Å². The lowest BCUT2D eigenvalue weighted by molar-refractivity contribution is 0.248. The molecule has 0 amide bonds. The summed E-state index contributed by atoms with van der Waals surface area (Å²) in [6.45, 7) is 4.45. The fourth-order valence-corrected chi connectivity index (χ4v) is 11.2. The van der Waals surface area contributed by atoms with Crippen molar-refractivity contribution >= 4 is 41.3 Å². The van der Waals surface area contributed by atoms with E-state index in [1.165, 1.54) is 0 Å². The fourth-order valence-electron chi connectivity index (χ4n) is 4.66. The fraction of sp³-hybridized carbons (Fsp3) is 0.455. The first kappa shape index (κ1) is 20.8. The SMILES string of the molecule is CSC1(S(C)=O)CC(CC(C)(C)[Si](O)(c2ccccc2)c2ccccc2)C1. The van der Waals surface area contributed by atoms with Gasteiger partial charge in [0.1, 0.15) is 0 Å². The highest BCUT2D eigenvalue weighted by Crippen LogP contribution is 2.55. The van der Waals surface area contributed by atoms with Crippen LogP contribution in [-0.4, -0.2) is 33.9 Å². The predicted octanol–water partition coefficient (Wildman–Crippen LogP) is 3.76. The molecule has 2 aromatic carbocycles. The number of hydrogen-bond donors (Lipinski definition) is 1. The molecule has 1 fully saturated rings. The minimum Gasteiger partial charge on any atom is -0.424 e. The maximum atomic E-state index is 12.2. The molecule has 27 heavy (non-hydrogen) atoms. The molecular formula is C22H30O2S2Si. The summed E-state index contributed by atoms with van der Waals surface area (Å²) in [4.78, 5) is 12.2. The first-order chi connectivity index (χ1) is 12.7. The van der Waals surface area contributed by atoms with Crippen molar-refractivity contribution in [3.8, 4) is 0 Å². The van der Waals surface area contributed by atoms with Gasteiger partial charge in [-0.3, -0.25) is 4.21 Å². The van der Waals surface area contributed by atoms with Crippen molar-refractivity contribution in [3.63, 3.8) is 0 Å². The van der Waals surface area contributed by atoms with Crippen molar-refractivity contribution in [2.24, 2.45) is 5.92 Å². The number of hydrogen-bond acceptors (Lipinski definition) is 3. The van der Waals surface area contributed by atoms with Gasteiger partial charge in [0.2, 0.25) is 0 Å². The van der Waals surface area contributed by atoms with Gasteiger partial charge in [-0.05, 0) is 46.8 Å². The Morgan fingerprint density at radius 2 is 1.52 bits per heavy atom. The summed E-state index contributed by atoms with van der Waals surface area (Å²) in [6, 6.07) is 20.4. The highest BCUT2D eigenvalue weighted by Gasteiger charge is 2.54. The van der Waals surface area contributed by atoms with Crippen LogP contribution in [0.3, 0.4) is 0 Å². The second-order valence-electron chi connectivity index (χ2n) is 8.37. The van der Waals surface area contributed by atoms with E-state index >= 15 is 0 Å². The molecule has 0 heterocycles. The van der Waals surface area contributed by atoms with Crippen LogP contribution in [0.2, 0.25) is 5.04 Å². The summed E-state index contributed by atoms with van der Waals surface area (Å²) in [5.74, 6) is 0.516. The molecule has 3 rings (SSSR count). The molecule has 0 saturated heterocycles. The van der Waals surface area contributed by atoms with Crippen molar-refractivity contribution in [1.29, 1.82) is 0 Å². The van der Waals surface area contributed by atoms with E-state index in [1.807, 2.05) is 42.7 Å². The van der Waals surface area contributed by atoms with Crippen LogP contribution < -0.4 is 10.4 Å². The van der Waals surface area contributed by atoms with E-state index in [9.17, 15) is 9.00 Å². The highest BCUT2D eigenvalue weighted by atomic mass is 32.2. The number of rotatable bonds is 7. The molecule has 2 aromatic rings. The molecule has 0 aromatic heterocycles. The van der Waals surface area contributed by atoms with Crippen molar-refractivity contribution in [2.75, 3.05) is 12.5 Å². The molecule has 0 aliphatic heterocycles. The lowest BCUT2D eigenvalue weighted by Crippen LogP contribution is -2.66. The first-order valence-corrected chi connectivity index (χ1v) is 14.2. The lowest BCUT2D eigenvalue weighted by atomic mass is 9.78. The Labute approximate surface area is 171 Å². The molecule has 5 heteroatoms. The van der Waals surface area contributed by atoms with Gasteiger partial charge in [0.15, 0.2) is 0 Å². The van der Waals surface area contributed by atoms with E-state index in [-0.39, 0.29) is 9.12 Å². The van der Waals surface area contributed by atoms with Crippen LogP contribution in [0.1, 0.15) is 33.1 Å². The molecule has 1 unspecified atom stereocenters. The van der Waals surface area contributed by atoms with Crippen molar-refractivity contribution in [3.05, 3.63) is 60.7 Å². The van der Waals surface area contributed by atoms with Gasteiger partial charge in [-0.15, -0.1) is 11.8 Å². The Balaban J connectivity index is 1.92. The molecule has 1 aliphatic rings. The minimum atomic E-state index is -2.94. The zero-order chi connectivity index (χ0) is 19.7. The Bertz CT molecular complexity index is 747. The van der Waals surface area contributed by atoms with E-state index < -0.39 is 19.1 Å². The summed E-state index contributed by atoms with van der Waals surface area (Å²) in [5, 5.41) is 1.91.